The van der Waals surface area contributed by atoms with Crippen molar-refractivity contribution >= 4 is 32.0 Å². The highest BCUT2D eigenvalue weighted by Gasteiger charge is 2.33. The minimum absolute atomic E-state index is 0.115. The van der Waals surface area contributed by atoms with Crippen molar-refractivity contribution in [3.8, 4) is 0 Å². The van der Waals surface area contributed by atoms with Crippen LogP contribution in [0.4, 0.5) is 0 Å². The molecule has 0 amide bonds. The van der Waals surface area contributed by atoms with Crippen LogP contribution >= 0.6 is 0 Å². The lowest BCUT2D eigenvalue weighted by Crippen LogP contribution is -2.40. The van der Waals surface area contributed by atoms with Crippen LogP contribution in [0.3, 0.4) is 0 Å². The van der Waals surface area contributed by atoms with Crippen molar-refractivity contribution in [3.05, 3.63) is 36.2 Å². The molecule has 0 atom stereocenters. The third-order valence-electron chi connectivity index (χ3n) is 3.91. The molecule has 23 heavy (non-hydrogen) atoms. The van der Waals surface area contributed by atoms with Crippen molar-refractivity contribution in [1.82, 2.24) is 0 Å². The van der Waals surface area contributed by atoms with Gasteiger partial charge in [0.15, 0.2) is 0 Å². The zero-order valence-electron chi connectivity index (χ0n) is 13.6. The summed E-state index contributed by atoms with van der Waals surface area (Å²) in [6, 6.07) is 8.30. The smallest absolute Gasteiger partial charge is 0.353 e. The molecule has 0 aliphatic heterocycles. The average Bonchev–Trinajstić information content (AvgIpc) is 2.84. The molecule has 0 saturated carbocycles. The molecule has 5 nitrogen and oxygen atoms in total. The predicted molar refractivity (Wildman–Crippen MR) is 88.1 cm³/mol. The lowest BCUT2D eigenvalue weighted by Gasteiger charge is -2.09. The summed E-state index contributed by atoms with van der Waals surface area (Å²) >= 11 is 0. The fraction of sp³-hybridized carbons (Fsp3) is 0.353. The van der Waals surface area contributed by atoms with E-state index < -0.39 is 10.1 Å². The summed E-state index contributed by atoms with van der Waals surface area (Å²) in [5.41, 5.74) is 1.57. The van der Waals surface area contributed by atoms with Gasteiger partial charge >= 0.3 is 5.89 Å². The van der Waals surface area contributed by atoms with Gasteiger partial charge in [-0.25, -0.2) is 0 Å². The Labute approximate surface area is 135 Å². The first-order valence-electron chi connectivity index (χ1n) is 7.50. The molecule has 0 aliphatic rings. The Morgan fingerprint density at radius 3 is 2.43 bits per heavy atom. The predicted octanol–water partition coefficient (Wildman–Crippen LogP) is 3.44. The minimum atomic E-state index is -4.21. The first kappa shape index (κ1) is 16.0. The summed E-state index contributed by atoms with van der Waals surface area (Å²) < 4.78 is 40.1. The molecule has 0 saturated heterocycles. The zero-order valence-corrected chi connectivity index (χ0v) is 14.4. The highest BCUT2D eigenvalue weighted by atomic mass is 32.2. The van der Waals surface area contributed by atoms with E-state index in [4.69, 9.17) is 4.42 Å². The van der Waals surface area contributed by atoms with Crippen LogP contribution in [-0.2, 0) is 22.1 Å². The van der Waals surface area contributed by atoms with Gasteiger partial charge in [0.2, 0.25) is 5.58 Å². The molecule has 6 heteroatoms. The van der Waals surface area contributed by atoms with E-state index in [1.54, 1.807) is 6.07 Å². The van der Waals surface area contributed by atoms with Crippen molar-refractivity contribution in [1.29, 1.82) is 0 Å². The number of aryl methyl sites for hydroxylation is 1. The number of nitrogens with zero attached hydrogens (tertiary/aromatic N) is 1. The number of hydrogen-bond donors (Lipinski definition) is 1. The summed E-state index contributed by atoms with van der Waals surface area (Å²) in [5.74, 6) is 0.876. The van der Waals surface area contributed by atoms with Crippen LogP contribution in [0.5, 0.6) is 0 Å². The molecule has 1 aromatic heterocycles. The molecule has 2 aromatic carbocycles. The first-order chi connectivity index (χ1) is 10.6. The Balaban J connectivity index is 2.38. The zero-order chi connectivity index (χ0) is 17.0. The van der Waals surface area contributed by atoms with Crippen LogP contribution in [0.15, 0.2) is 39.6 Å². The second kappa shape index (κ2) is 5.04. The van der Waals surface area contributed by atoms with Gasteiger partial charge in [-0.2, -0.15) is 13.0 Å². The SMILES string of the molecule is CC[n+]1c(C(C)(C)C)oc2c3ccc(S(=O)(=O)O)cc3ccc21. The molecule has 3 rings (SSSR count). The van der Waals surface area contributed by atoms with Crippen molar-refractivity contribution in [2.75, 3.05) is 0 Å². The Bertz CT molecular complexity index is 1010. The molecule has 3 aromatic rings. The molecule has 0 aliphatic carbocycles. The molecule has 0 bridgehead atoms. The summed E-state index contributed by atoms with van der Waals surface area (Å²) in [7, 11) is -4.21. The fourth-order valence-electron chi connectivity index (χ4n) is 2.88. The third kappa shape index (κ3) is 2.62. The number of rotatable bonds is 2. The Morgan fingerprint density at radius 2 is 1.87 bits per heavy atom. The number of benzene rings is 2. The lowest BCUT2D eigenvalue weighted by atomic mass is 9.96. The third-order valence-corrected chi connectivity index (χ3v) is 4.76. The van der Waals surface area contributed by atoms with Gasteiger partial charge in [0.1, 0.15) is 6.54 Å². The topological polar surface area (TPSA) is 71.4 Å². The van der Waals surface area contributed by atoms with E-state index in [1.807, 2.05) is 12.1 Å². The maximum absolute atomic E-state index is 11.3. The molecule has 0 radical (unpaired) electrons. The Kier molecular flexibility index (Phi) is 3.50. The van der Waals surface area contributed by atoms with Gasteiger partial charge in [0.05, 0.1) is 10.3 Å². The van der Waals surface area contributed by atoms with Crippen LogP contribution in [0.2, 0.25) is 0 Å². The minimum Gasteiger partial charge on any atom is -0.400 e. The molecule has 0 spiro atoms. The van der Waals surface area contributed by atoms with E-state index in [-0.39, 0.29) is 10.3 Å². The van der Waals surface area contributed by atoms with Gasteiger partial charge < -0.3 is 4.42 Å². The van der Waals surface area contributed by atoms with E-state index in [0.29, 0.717) is 5.39 Å². The highest BCUT2D eigenvalue weighted by Crippen LogP contribution is 2.30. The molecule has 1 heterocycles. The second-order valence-electron chi connectivity index (χ2n) is 6.67. The van der Waals surface area contributed by atoms with Crippen molar-refractivity contribution < 1.29 is 22.0 Å². The first-order valence-corrected chi connectivity index (χ1v) is 8.94. The maximum atomic E-state index is 11.3. The van der Waals surface area contributed by atoms with Gasteiger partial charge in [-0.05, 0) is 57.3 Å². The van der Waals surface area contributed by atoms with Crippen LogP contribution in [0.25, 0.3) is 21.9 Å². The summed E-state index contributed by atoms with van der Waals surface area (Å²) in [6.45, 7) is 9.13. The maximum Gasteiger partial charge on any atom is 0.353 e. The molecular formula is C17H20NO4S+. The molecule has 0 unspecified atom stereocenters. The molecule has 1 N–H and O–H groups in total. The van der Waals surface area contributed by atoms with Crippen molar-refractivity contribution in [2.45, 2.75) is 44.6 Å². The lowest BCUT2D eigenvalue weighted by molar-refractivity contribution is -0.684. The quantitative estimate of drug-likeness (QED) is 0.576. The standard InChI is InChI=1S/C17H19NO4S/c1-5-18-14-9-6-11-10-12(23(19,20)21)7-8-13(11)15(14)22-16(18)17(2,3)4/h6-10H,5H2,1-4H3/p+1. The van der Waals surface area contributed by atoms with Crippen LogP contribution in [0.1, 0.15) is 33.6 Å². The number of fused-ring (bicyclic) bond motifs is 3. The Hall–Kier alpha value is -1.92. The largest absolute Gasteiger partial charge is 0.400 e. The van der Waals surface area contributed by atoms with Gasteiger partial charge in [0, 0.05) is 11.5 Å². The normalized spacial score (nSPS) is 13.1. The van der Waals surface area contributed by atoms with Gasteiger partial charge in [-0.15, -0.1) is 0 Å². The van der Waals surface area contributed by atoms with Gasteiger partial charge in [-0.1, -0.05) is 0 Å². The monoisotopic (exact) mass is 334 g/mol. The summed E-state index contributed by atoms with van der Waals surface area (Å²) in [6.07, 6.45) is 0. The molecule has 0 fully saturated rings. The van der Waals surface area contributed by atoms with Crippen molar-refractivity contribution in [3.63, 3.8) is 0 Å². The summed E-state index contributed by atoms with van der Waals surface area (Å²) in [4.78, 5) is -0.115. The van der Waals surface area contributed by atoms with Gasteiger partial charge in [0.25, 0.3) is 15.6 Å². The number of hydrogen-bond acceptors (Lipinski definition) is 3. The van der Waals surface area contributed by atoms with Gasteiger partial charge in [-0.3, -0.25) is 4.55 Å². The van der Waals surface area contributed by atoms with Crippen LogP contribution < -0.4 is 4.57 Å². The highest BCUT2D eigenvalue weighted by molar-refractivity contribution is 7.85. The van der Waals surface area contributed by atoms with E-state index >= 15 is 0 Å². The molecular weight excluding hydrogens is 314 g/mol. The van der Waals surface area contributed by atoms with Crippen molar-refractivity contribution in [2.24, 2.45) is 0 Å². The van der Waals surface area contributed by atoms with E-state index in [1.165, 1.54) is 12.1 Å². The van der Waals surface area contributed by atoms with E-state index in [0.717, 1.165) is 28.9 Å². The number of oxazole rings is 1. The van der Waals surface area contributed by atoms with E-state index in [9.17, 15) is 13.0 Å². The second-order valence-corrected chi connectivity index (χ2v) is 8.09. The van der Waals surface area contributed by atoms with E-state index in [2.05, 4.69) is 32.3 Å². The number of aromatic nitrogens is 1. The fourth-order valence-corrected chi connectivity index (χ4v) is 3.40. The Morgan fingerprint density at radius 1 is 1.17 bits per heavy atom. The summed E-state index contributed by atoms with van der Waals surface area (Å²) in [5, 5.41) is 1.54. The molecule has 122 valence electrons. The van der Waals surface area contributed by atoms with Crippen LogP contribution in [0, 0.1) is 0 Å². The van der Waals surface area contributed by atoms with Crippen LogP contribution in [-0.4, -0.2) is 13.0 Å². The average molecular weight is 334 g/mol.